The molecule has 0 aromatic carbocycles. The summed E-state index contributed by atoms with van der Waals surface area (Å²) in [6, 6.07) is 0. The number of aliphatic hydroxyl groups is 1. The van der Waals surface area contributed by atoms with Crippen molar-refractivity contribution < 1.29 is 14.3 Å². The van der Waals surface area contributed by atoms with Crippen molar-refractivity contribution in [1.29, 1.82) is 0 Å². The van der Waals surface area contributed by atoms with Crippen LogP contribution in [0.1, 0.15) is 33.4 Å². The molecule has 2 rings (SSSR count). The molecule has 9 heteroatoms. The number of H-pyrrole nitrogens is 1. The van der Waals surface area contributed by atoms with E-state index < -0.39 is 38.0 Å². The van der Waals surface area contributed by atoms with E-state index in [1.54, 1.807) is 0 Å². The van der Waals surface area contributed by atoms with Crippen LogP contribution in [-0.4, -0.2) is 41.8 Å². The van der Waals surface area contributed by atoms with Gasteiger partial charge in [0.1, 0.15) is 12.3 Å². The number of aromatic amines is 1. The number of nitrogens with zero attached hydrogens (tertiary/aromatic N) is 1. The summed E-state index contributed by atoms with van der Waals surface area (Å²) in [6.45, 7) is 11.0. The van der Waals surface area contributed by atoms with E-state index in [1.165, 1.54) is 10.8 Å². The van der Waals surface area contributed by atoms with Crippen molar-refractivity contribution in [2.75, 3.05) is 6.61 Å². The van der Waals surface area contributed by atoms with Crippen LogP contribution in [-0.2, 0) is 9.16 Å². The van der Waals surface area contributed by atoms with Crippen LogP contribution >= 0.6 is 22.6 Å². The fourth-order valence-corrected chi connectivity index (χ4v) is 3.67. The molecule has 0 bridgehead atoms. The number of nitrogens with one attached hydrogen (secondary N) is 1. The maximum absolute atomic E-state index is 12.0. The average molecular weight is 468 g/mol. The van der Waals surface area contributed by atoms with Gasteiger partial charge in [0.05, 0.1) is 16.3 Å². The van der Waals surface area contributed by atoms with Crippen LogP contribution < -0.4 is 11.2 Å². The second kappa shape index (κ2) is 7.02. The quantitative estimate of drug-likeness (QED) is 0.520. The topological polar surface area (TPSA) is 93.5 Å². The number of hydrogen-bond acceptors (Lipinski definition) is 5. The summed E-state index contributed by atoms with van der Waals surface area (Å²) in [7, 11) is -1.94. The minimum atomic E-state index is -1.94. The number of aromatic nitrogens is 2. The van der Waals surface area contributed by atoms with Crippen LogP contribution in [0.5, 0.6) is 0 Å². The van der Waals surface area contributed by atoms with Gasteiger partial charge in [0.2, 0.25) is 0 Å². The van der Waals surface area contributed by atoms with Crippen LogP contribution in [0.25, 0.3) is 0 Å². The normalized spacial score (nSPS) is 25.2. The third-order valence-corrected chi connectivity index (χ3v) is 10.1. The summed E-state index contributed by atoms with van der Waals surface area (Å²) in [4.78, 5) is 25.7. The maximum atomic E-state index is 12.0. The summed E-state index contributed by atoms with van der Waals surface area (Å²) >= 11 is 1.86. The van der Waals surface area contributed by atoms with Gasteiger partial charge >= 0.3 is 5.69 Å². The Balaban J connectivity index is 2.09. The van der Waals surface area contributed by atoms with E-state index in [-0.39, 0.29) is 11.5 Å². The molecule has 1 aromatic heterocycles. The first-order valence-corrected chi connectivity index (χ1v) is 11.9. The summed E-state index contributed by atoms with van der Waals surface area (Å²) < 4.78 is 13.7. The van der Waals surface area contributed by atoms with Gasteiger partial charge in [0, 0.05) is 12.6 Å². The van der Waals surface area contributed by atoms with Crippen molar-refractivity contribution in [2.24, 2.45) is 0 Å². The SMILES string of the molecule is CC(C)(C)[Si](C)(C)OC[C@H]1O[C@@H](n2cc(I)c(=O)[nH]c2=O)CC1O. The van der Waals surface area contributed by atoms with E-state index in [9.17, 15) is 14.7 Å². The fraction of sp³-hybridized carbons (Fsp3) is 0.733. The van der Waals surface area contributed by atoms with Gasteiger partial charge in [-0.3, -0.25) is 14.3 Å². The molecule has 136 valence electrons. The van der Waals surface area contributed by atoms with E-state index in [1.807, 2.05) is 22.6 Å². The summed E-state index contributed by atoms with van der Waals surface area (Å²) in [6.07, 6.45) is -0.0632. The lowest BCUT2D eigenvalue weighted by molar-refractivity contribution is -0.0433. The third-order valence-electron chi connectivity index (χ3n) is 4.85. The Morgan fingerprint density at radius 2 is 2.08 bits per heavy atom. The molecular weight excluding hydrogens is 443 g/mol. The van der Waals surface area contributed by atoms with Gasteiger partial charge in [-0.25, -0.2) is 4.79 Å². The van der Waals surface area contributed by atoms with Gasteiger partial charge in [-0.2, -0.15) is 0 Å². The molecule has 7 nitrogen and oxygen atoms in total. The van der Waals surface area contributed by atoms with Gasteiger partial charge in [-0.1, -0.05) is 20.8 Å². The van der Waals surface area contributed by atoms with E-state index in [0.29, 0.717) is 10.2 Å². The molecule has 1 aliphatic heterocycles. The molecule has 0 amide bonds. The van der Waals surface area contributed by atoms with E-state index >= 15 is 0 Å². The highest BCUT2D eigenvalue weighted by Crippen LogP contribution is 2.37. The Morgan fingerprint density at radius 1 is 1.46 bits per heavy atom. The van der Waals surface area contributed by atoms with Gasteiger partial charge in [-0.05, 0) is 40.7 Å². The van der Waals surface area contributed by atoms with Crippen molar-refractivity contribution in [3.05, 3.63) is 30.6 Å². The number of rotatable bonds is 4. The predicted molar refractivity (Wildman–Crippen MR) is 102 cm³/mol. The molecule has 0 saturated carbocycles. The zero-order valence-electron chi connectivity index (χ0n) is 14.6. The first kappa shape index (κ1) is 19.8. The highest BCUT2D eigenvalue weighted by atomic mass is 127. The molecule has 2 N–H and O–H groups in total. The summed E-state index contributed by atoms with van der Waals surface area (Å²) in [5.74, 6) is 0. The largest absolute Gasteiger partial charge is 0.414 e. The molecule has 1 fully saturated rings. The average Bonchev–Trinajstić information content (AvgIpc) is 2.80. The maximum Gasteiger partial charge on any atom is 0.330 e. The molecule has 0 radical (unpaired) electrons. The Labute approximate surface area is 155 Å². The molecule has 0 aliphatic carbocycles. The number of ether oxygens (including phenoxy) is 1. The van der Waals surface area contributed by atoms with Crippen LogP contribution in [0.3, 0.4) is 0 Å². The molecule has 1 aliphatic rings. The van der Waals surface area contributed by atoms with Gasteiger partial charge in [0.15, 0.2) is 8.32 Å². The van der Waals surface area contributed by atoms with E-state index in [0.717, 1.165) is 0 Å². The molecule has 2 heterocycles. The van der Waals surface area contributed by atoms with E-state index in [2.05, 4.69) is 38.8 Å². The molecular formula is C15H25IN2O5Si. The van der Waals surface area contributed by atoms with Crippen LogP contribution in [0.15, 0.2) is 15.8 Å². The molecule has 1 saturated heterocycles. The smallest absolute Gasteiger partial charge is 0.330 e. The second-order valence-corrected chi connectivity index (χ2v) is 13.6. The highest BCUT2D eigenvalue weighted by molar-refractivity contribution is 14.1. The van der Waals surface area contributed by atoms with E-state index in [4.69, 9.17) is 9.16 Å². The predicted octanol–water partition coefficient (Wildman–Crippen LogP) is 1.81. The molecule has 3 atom stereocenters. The molecule has 1 aromatic rings. The standard InChI is InChI=1S/C15H25IN2O5Si/c1-15(2,3)24(4,5)22-8-11-10(19)6-12(23-11)18-7-9(16)13(20)17-14(18)21/h7,10-12,19H,6,8H2,1-5H3,(H,17,20,21)/t10?,11-,12-/m1/s1. The second-order valence-electron chi connectivity index (χ2n) is 7.65. The lowest BCUT2D eigenvalue weighted by Gasteiger charge is -2.37. The van der Waals surface area contributed by atoms with Crippen LogP contribution in [0.2, 0.25) is 18.1 Å². The Kier molecular flexibility index (Phi) is 5.80. The van der Waals surface area contributed by atoms with Crippen molar-refractivity contribution in [3.63, 3.8) is 0 Å². The Bertz CT molecular complexity index is 709. The Hall–Kier alpha value is -0.493. The van der Waals surface area contributed by atoms with Crippen molar-refractivity contribution >= 4 is 30.9 Å². The van der Waals surface area contributed by atoms with Gasteiger partial charge in [0.25, 0.3) is 5.56 Å². The minimum Gasteiger partial charge on any atom is -0.414 e. The van der Waals surface area contributed by atoms with Crippen LogP contribution in [0.4, 0.5) is 0 Å². The van der Waals surface area contributed by atoms with Gasteiger partial charge < -0.3 is 14.3 Å². The lowest BCUT2D eigenvalue weighted by Crippen LogP contribution is -2.43. The third kappa shape index (κ3) is 4.18. The molecule has 1 unspecified atom stereocenters. The highest BCUT2D eigenvalue weighted by Gasteiger charge is 2.41. The first-order chi connectivity index (χ1) is 10.9. The summed E-state index contributed by atoms with van der Waals surface area (Å²) in [5, 5.41) is 10.3. The molecule has 24 heavy (non-hydrogen) atoms. The summed E-state index contributed by atoms with van der Waals surface area (Å²) in [5.41, 5.74) is -0.961. The number of aliphatic hydroxyl groups excluding tert-OH is 1. The monoisotopic (exact) mass is 468 g/mol. The van der Waals surface area contributed by atoms with Crippen molar-refractivity contribution in [2.45, 2.75) is 63.8 Å². The lowest BCUT2D eigenvalue weighted by atomic mass is 10.2. The van der Waals surface area contributed by atoms with Crippen molar-refractivity contribution in [3.8, 4) is 0 Å². The van der Waals surface area contributed by atoms with Gasteiger partial charge in [-0.15, -0.1) is 0 Å². The first-order valence-electron chi connectivity index (χ1n) is 7.91. The number of hydrogen-bond donors (Lipinski definition) is 2. The minimum absolute atomic E-state index is 0.0714. The Morgan fingerprint density at radius 3 is 2.67 bits per heavy atom. The fourth-order valence-electron chi connectivity index (χ4n) is 2.22. The van der Waals surface area contributed by atoms with Crippen LogP contribution in [0, 0.1) is 3.57 Å². The number of halogens is 1. The zero-order valence-corrected chi connectivity index (χ0v) is 17.8. The zero-order chi connectivity index (χ0) is 18.3. The molecule has 0 spiro atoms. The van der Waals surface area contributed by atoms with Crippen molar-refractivity contribution in [1.82, 2.24) is 9.55 Å².